The molecule has 2 aromatic heterocycles. The Morgan fingerprint density at radius 1 is 1.11 bits per heavy atom. The van der Waals surface area contributed by atoms with Crippen molar-refractivity contribution >= 4 is 5.88 Å². The Bertz CT molecular complexity index is 1110. The molecule has 0 spiro atoms. The molecule has 2 bridgehead atoms. The first-order chi connectivity index (χ1) is 13.7. The van der Waals surface area contributed by atoms with E-state index in [9.17, 15) is 10.1 Å². The van der Waals surface area contributed by atoms with Gasteiger partial charge >= 0.3 is 0 Å². The van der Waals surface area contributed by atoms with E-state index in [0.717, 1.165) is 37.3 Å². The van der Waals surface area contributed by atoms with Crippen LogP contribution in [0.4, 0.5) is 5.88 Å². The van der Waals surface area contributed by atoms with Crippen LogP contribution in [0.5, 0.6) is 0 Å². The average Bonchev–Trinajstić information content (AvgIpc) is 3.12. The van der Waals surface area contributed by atoms with Crippen LogP contribution in [0.1, 0.15) is 35.2 Å². The van der Waals surface area contributed by atoms with Gasteiger partial charge in [0, 0.05) is 43.7 Å². The molecule has 0 radical (unpaired) electrons. The number of anilines is 1. The van der Waals surface area contributed by atoms with Crippen molar-refractivity contribution in [2.24, 2.45) is 5.92 Å². The van der Waals surface area contributed by atoms with E-state index in [0.29, 0.717) is 29.8 Å². The molecule has 2 aliphatic heterocycles. The molecule has 0 N–H and O–H groups in total. The summed E-state index contributed by atoms with van der Waals surface area (Å²) in [4.78, 5) is 18.8. The van der Waals surface area contributed by atoms with Crippen LogP contribution in [-0.4, -0.2) is 22.6 Å². The summed E-state index contributed by atoms with van der Waals surface area (Å²) in [6, 6.07) is 17.7. The smallest absolute Gasteiger partial charge is 0.250 e. The number of fused-ring (bicyclic) bond motifs is 4. The van der Waals surface area contributed by atoms with Crippen LogP contribution in [0.25, 0.3) is 0 Å². The van der Waals surface area contributed by atoms with Crippen molar-refractivity contribution in [2.75, 3.05) is 18.0 Å². The number of nitrogens with zero attached hydrogens (tertiary/aromatic N) is 4. The SMILES string of the molecule is N#Cc1nc(Cc2ccccc2)oc1N1C[C@@H]2C[C@H](C1)c1cccc(=O)n1C2. The minimum Gasteiger partial charge on any atom is -0.423 e. The number of rotatable bonds is 3. The highest BCUT2D eigenvalue weighted by Crippen LogP contribution is 2.38. The van der Waals surface area contributed by atoms with E-state index in [1.165, 1.54) is 0 Å². The second-order valence-electron chi connectivity index (χ2n) is 7.64. The lowest BCUT2D eigenvalue weighted by molar-refractivity contribution is 0.274. The predicted octanol–water partition coefficient (Wildman–Crippen LogP) is 2.92. The first kappa shape index (κ1) is 16.8. The van der Waals surface area contributed by atoms with Crippen molar-refractivity contribution in [3.05, 3.63) is 81.7 Å². The molecule has 0 saturated carbocycles. The third kappa shape index (κ3) is 2.89. The van der Waals surface area contributed by atoms with Crippen LogP contribution in [0.2, 0.25) is 0 Å². The van der Waals surface area contributed by atoms with Crippen molar-refractivity contribution in [1.82, 2.24) is 9.55 Å². The quantitative estimate of drug-likeness (QED) is 0.707. The Morgan fingerprint density at radius 3 is 2.79 bits per heavy atom. The van der Waals surface area contributed by atoms with Crippen molar-refractivity contribution < 1.29 is 4.42 Å². The first-order valence-electron chi connectivity index (χ1n) is 9.59. The standard InChI is InChI=1S/C22H20N4O2/c23-11-18-22(28-20(24-18)10-15-5-2-1-3-6-15)25-12-16-9-17(14-25)19-7-4-8-21(27)26(19)13-16/h1-8,16-17H,9-10,12-14H2/t16-,17+/m0/s1. The van der Waals surface area contributed by atoms with Gasteiger partial charge in [0.25, 0.3) is 5.56 Å². The molecule has 6 heteroatoms. The second-order valence-corrected chi connectivity index (χ2v) is 7.64. The first-order valence-corrected chi connectivity index (χ1v) is 9.59. The number of benzene rings is 1. The normalized spacial score (nSPS) is 20.5. The summed E-state index contributed by atoms with van der Waals surface area (Å²) >= 11 is 0. The van der Waals surface area contributed by atoms with E-state index >= 15 is 0 Å². The van der Waals surface area contributed by atoms with Gasteiger partial charge in [-0.2, -0.15) is 5.26 Å². The molecule has 140 valence electrons. The molecule has 1 fully saturated rings. The Kier molecular flexibility index (Phi) is 4.01. The topological polar surface area (TPSA) is 75.1 Å². The van der Waals surface area contributed by atoms with E-state index in [1.807, 2.05) is 47.0 Å². The minimum atomic E-state index is 0.0724. The fourth-order valence-electron chi connectivity index (χ4n) is 4.55. The lowest BCUT2D eigenvalue weighted by atomic mass is 9.83. The summed E-state index contributed by atoms with van der Waals surface area (Å²) < 4.78 is 7.96. The van der Waals surface area contributed by atoms with Crippen molar-refractivity contribution in [2.45, 2.75) is 25.3 Å². The lowest BCUT2D eigenvalue weighted by Gasteiger charge is -2.42. The summed E-state index contributed by atoms with van der Waals surface area (Å²) in [6.07, 6.45) is 1.63. The summed E-state index contributed by atoms with van der Waals surface area (Å²) in [6.45, 7) is 2.22. The van der Waals surface area contributed by atoms with Crippen LogP contribution >= 0.6 is 0 Å². The maximum atomic E-state index is 12.2. The fourth-order valence-corrected chi connectivity index (χ4v) is 4.55. The molecule has 2 atom stereocenters. The van der Waals surface area contributed by atoms with E-state index in [2.05, 4.69) is 16.0 Å². The van der Waals surface area contributed by atoms with E-state index < -0.39 is 0 Å². The van der Waals surface area contributed by atoms with Gasteiger partial charge in [0.1, 0.15) is 6.07 Å². The minimum absolute atomic E-state index is 0.0724. The third-order valence-corrected chi connectivity index (χ3v) is 5.72. The molecule has 6 nitrogen and oxygen atoms in total. The van der Waals surface area contributed by atoms with Gasteiger partial charge in [-0.1, -0.05) is 36.4 Å². The van der Waals surface area contributed by atoms with Crippen LogP contribution in [-0.2, 0) is 13.0 Å². The highest BCUT2D eigenvalue weighted by atomic mass is 16.4. The number of piperidine rings is 1. The largest absolute Gasteiger partial charge is 0.423 e. The van der Waals surface area contributed by atoms with Crippen LogP contribution in [0.3, 0.4) is 0 Å². The Balaban J connectivity index is 1.44. The zero-order valence-corrected chi connectivity index (χ0v) is 15.4. The summed E-state index contributed by atoms with van der Waals surface area (Å²) in [5, 5.41) is 9.58. The lowest BCUT2D eigenvalue weighted by Crippen LogP contribution is -2.47. The van der Waals surface area contributed by atoms with Gasteiger partial charge < -0.3 is 13.9 Å². The predicted molar refractivity (Wildman–Crippen MR) is 104 cm³/mol. The summed E-state index contributed by atoms with van der Waals surface area (Å²) in [7, 11) is 0. The van der Waals surface area contributed by atoms with Gasteiger partial charge in [-0.25, -0.2) is 4.98 Å². The molecular weight excluding hydrogens is 352 g/mol. The van der Waals surface area contributed by atoms with E-state index in [-0.39, 0.29) is 11.5 Å². The molecule has 2 aliphatic rings. The van der Waals surface area contributed by atoms with Gasteiger partial charge in [0.2, 0.25) is 17.5 Å². The van der Waals surface area contributed by atoms with E-state index in [1.54, 1.807) is 6.07 Å². The number of oxazole rings is 1. The molecule has 3 aromatic rings. The number of pyridine rings is 1. The highest BCUT2D eigenvalue weighted by Gasteiger charge is 2.36. The van der Waals surface area contributed by atoms with Crippen molar-refractivity contribution in [1.29, 1.82) is 5.26 Å². The van der Waals surface area contributed by atoms with Gasteiger partial charge in [0.05, 0.1) is 0 Å². The molecule has 0 unspecified atom stereocenters. The van der Waals surface area contributed by atoms with Crippen molar-refractivity contribution in [3.8, 4) is 6.07 Å². The second kappa shape index (κ2) is 6.68. The summed E-state index contributed by atoms with van der Waals surface area (Å²) in [5.74, 6) is 1.75. The Labute approximate surface area is 162 Å². The van der Waals surface area contributed by atoms with Gasteiger partial charge in [-0.15, -0.1) is 0 Å². The maximum absolute atomic E-state index is 12.2. The molecule has 1 aromatic carbocycles. The Hall–Kier alpha value is -3.33. The fraction of sp³-hybridized carbons (Fsp3) is 0.318. The maximum Gasteiger partial charge on any atom is 0.250 e. The van der Waals surface area contributed by atoms with E-state index in [4.69, 9.17) is 4.42 Å². The number of hydrogen-bond donors (Lipinski definition) is 0. The molecule has 5 rings (SSSR count). The van der Waals surface area contributed by atoms with Gasteiger partial charge in [-0.05, 0) is 24.0 Å². The molecule has 1 saturated heterocycles. The monoisotopic (exact) mass is 372 g/mol. The van der Waals surface area contributed by atoms with Crippen LogP contribution in [0.15, 0.2) is 57.7 Å². The molecule has 4 heterocycles. The zero-order valence-electron chi connectivity index (χ0n) is 15.4. The molecule has 0 amide bonds. The third-order valence-electron chi connectivity index (χ3n) is 5.72. The van der Waals surface area contributed by atoms with Crippen LogP contribution in [0, 0.1) is 17.2 Å². The van der Waals surface area contributed by atoms with Crippen LogP contribution < -0.4 is 10.5 Å². The number of nitriles is 1. The average molecular weight is 372 g/mol. The summed E-state index contributed by atoms with van der Waals surface area (Å²) in [5.41, 5.74) is 2.60. The molecular formula is C22H20N4O2. The van der Waals surface area contributed by atoms with Gasteiger partial charge in [0.15, 0.2) is 0 Å². The van der Waals surface area contributed by atoms with Crippen molar-refractivity contribution in [3.63, 3.8) is 0 Å². The van der Waals surface area contributed by atoms with Gasteiger partial charge in [-0.3, -0.25) is 4.79 Å². The number of aromatic nitrogens is 2. The Morgan fingerprint density at radius 2 is 1.96 bits per heavy atom. The highest BCUT2D eigenvalue weighted by molar-refractivity contribution is 5.49. The molecule has 28 heavy (non-hydrogen) atoms. The number of hydrogen-bond acceptors (Lipinski definition) is 5. The zero-order chi connectivity index (χ0) is 19.1. The molecule has 0 aliphatic carbocycles.